The van der Waals surface area contributed by atoms with Crippen molar-refractivity contribution in [1.82, 2.24) is 9.78 Å². The van der Waals surface area contributed by atoms with Gasteiger partial charge >= 0.3 is 6.18 Å². The summed E-state index contributed by atoms with van der Waals surface area (Å²) in [6.45, 7) is 0.727. The zero-order chi connectivity index (χ0) is 20.8. The van der Waals surface area contributed by atoms with E-state index in [0.29, 0.717) is 39.2 Å². The molecule has 0 spiro atoms. The van der Waals surface area contributed by atoms with E-state index in [0.717, 1.165) is 31.0 Å². The summed E-state index contributed by atoms with van der Waals surface area (Å²) in [5.41, 5.74) is 1.32. The van der Waals surface area contributed by atoms with Crippen LogP contribution in [0.5, 0.6) is 0 Å². The Balaban J connectivity index is 1.94. The molecule has 0 aliphatic carbocycles. The van der Waals surface area contributed by atoms with Crippen LogP contribution >= 0.6 is 34.8 Å². The summed E-state index contributed by atoms with van der Waals surface area (Å²) in [4.78, 5) is 0. The first-order valence-electron chi connectivity index (χ1n) is 8.94. The van der Waals surface area contributed by atoms with Crippen LogP contribution in [0.2, 0.25) is 15.1 Å². The minimum atomic E-state index is -4.55. The van der Waals surface area contributed by atoms with Crippen LogP contribution in [0.4, 0.5) is 19.0 Å². The third kappa shape index (κ3) is 3.93. The fourth-order valence-electron chi connectivity index (χ4n) is 3.45. The molecule has 1 N–H and O–H groups in total. The number of fused-ring (bicyclic) bond motifs is 1. The van der Waals surface area contributed by atoms with E-state index in [-0.39, 0.29) is 5.02 Å². The maximum absolute atomic E-state index is 13.4. The molecule has 2 heterocycles. The van der Waals surface area contributed by atoms with Crippen molar-refractivity contribution < 1.29 is 13.2 Å². The minimum Gasteiger partial charge on any atom is -0.370 e. The second-order valence-corrected chi connectivity index (χ2v) is 8.01. The number of hydrogen-bond donors (Lipinski definition) is 1. The van der Waals surface area contributed by atoms with Crippen LogP contribution in [-0.4, -0.2) is 16.3 Å². The van der Waals surface area contributed by atoms with Crippen molar-refractivity contribution in [3.8, 4) is 16.9 Å². The normalized spacial score (nSPS) is 14.3. The average molecular weight is 461 g/mol. The molecule has 29 heavy (non-hydrogen) atoms. The van der Waals surface area contributed by atoms with E-state index < -0.39 is 11.7 Å². The van der Waals surface area contributed by atoms with Gasteiger partial charge in [0.15, 0.2) is 0 Å². The summed E-state index contributed by atoms with van der Waals surface area (Å²) in [5.74, 6) is 0.713. The third-order valence-corrected chi connectivity index (χ3v) is 5.70. The Morgan fingerprint density at radius 2 is 1.72 bits per heavy atom. The molecule has 3 nitrogen and oxygen atoms in total. The van der Waals surface area contributed by atoms with Gasteiger partial charge in [0.25, 0.3) is 0 Å². The minimum absolute atomic E-state index is 0.345. The smallest absolute Gasteiger partial charge is 0.370 e. The molecule has 152 valence electrons. The van der Waals surface area contributed by atoms with Crippen molar-refractivity contribution in [2.45, 2.75) is 25.4 Å². The molecule has 0 bridgehead atoms. The van der Waals surface area contributed by atoms with E-state index in [9.17, 15) is 13.2 Å². The van der Waals surface area contributed by atoms with Gasteiger partial charge in [0.1, 0.15) is 5.82 Å². The Bertz CT molecular complexity index is 1080. The molecule has 0 unspecified atom stereocenters. The monoisotopic (exact) mass is 459 g/mol. The Kier molecular flexibility index (Phi) is 5.44. The van der Waals surface area contributed by atoms with Gasteiger partial charge in [0.05, 0.1) is 27.0 Å². The van der Waals surface area contributed by atoms with Crippen LogP contribution in [0.15, 0.2) is 36.4 Å². The second kappa shape index (κ2) is 7.74. The molecule has 0 radical (unpaired) electrons. The summed E-state index contributed by atoms with van der Waals surface area (Å²) in [6, 6.07) is 8.85. The number of aromatic nitrogens is 2. The quantitative estimate of drug-likeness (QED) is 0.436. The van der Waals surface area contributed by atoms with Crippen molar-refractivity contribution in [2.75, 3.05) is 11.9 Å². The fraction of sp³-hybridized carbons (Fsp3) is 0.250. The number of anilines is 1. The van der Waals surface area contributed by atoms with Gasteiger partial charge in [-0.25, -0.2) is 4.68 Å². The third-order valence-electron chi connectivity index (χ3n) is 4.81. The SMILES string of the molecule is FC(F)(F)c1cc(-c2nn(-c3cc(Cl)ccc3Cl)c3c2CCCCN3)ccc1Cl. The van der Waals surface area contributed by atoms with Crippen LogP contribution in [0.3, 0.4) is 0 Å². The molecule has 1 aromatic heterocycles. The molecule has 0 fully saturated rings. The summed E-state index contributed by atoms with van der Waals surface area (Å²) >= 11 is 18.3. The predicted molar refractivity (Wildman–Crippen MR) is 110 cm³/mol. The van der Waals surface area contributed by atoms with Gasteiger partial charge in [-0.3, -0.25) is 0 Å². The van der Waals surface area contributed by atoms with Gasteiger partial charge in [0.2, 0.25) is 0 Å². The van der Waals surface area contributed by atoms with Gasteiger partial charge in [-0.05, 0) is 49.6 Å². The number of rotatable bonds is 2. The highest BCUT2D eigenvalue weighted by molar-refractivity contribution is 6.34. The highest BCUT2D eigenvalue weighted by Gasteiger charge is 2.34. The fourth-order valence-corrected chi connectivity index (χ4v) is 4.04. The van der Waals surface area contributed by atoms with Crippen molar-refractivity contribution >= 4 is 40.6 Å². The first-order valence-corrected chi connectivity index (χ1v) is 10.1. The van der Waals surface area contributed by atoms with Crippen molar-refractivity contribution in [1.29, 1.82) is 0 Å². The Labute approximate surface area is 180 Å². The summed E-state index contributed by atoms with van der Waals surface area (Å²) in [6.07, 6.45) is -2.05. The zero-order valence-corrected chi connectivity index (χ0v) is 17.2. The van der Waals surface area contributed by atoms with Crippen LogP contribution in [0.25, 0.3) is 16.9 Å². The van der Waals surface area contributed by atoms with Crippen molar-refractivity contribution in [2.24, 2.45) is 0 Å². The molecule has 9 heteroatoms. The zero-order valence-electron chi connectivity index (χ0n) is 15.0. The Morgan fingerprint density at radius 1 is 0.966 bits per heavy atom. The van der Waals surface area contributed by atoms with Crippen LogP contribution in [0, 0.1) is 0 Å². The lowest BCUT2D eigenvalue weighted by atomic mass is 10.0. The van der Waals surface area contributed by atoms with Crippen molar-refractivity contribution in [3.05, 3.63) is 62.6 Å². The molecule has 3 aromatic rings. The number of benzene rings is 2. The highest BCUT2D eigenvalue weighted by atomic mass is 35.5. The lowest BCUT2D eigenvalue weighted by Crippen LogP contribution is -2.07. The second-order valence-electron chi connectivity index (χ2n) is 6.76. The molecule has 1 aliphatic rings. The van der Waals surface area contributed by atoms with E-state index in [1.54, 1.807) is 28.9 Å². The number of nitrogens with one attached hydrogen (secondary N) is 1. The molecule has 0 amide bonds. The van der Waals surface area contributed by atoms with Crippen LogP contribution in [0.1, 0.15) is 24.0 Å². The standard InChI is InChI=1S/C20H15Cl3F3N3/c21-12-5-7-16(23)17(10-12)29-19-13(3-1-2-8-27-19)18(28-29)11-4-6-15(22)14(9-11)20(24,25)26/h4-7,9-10,27H,1-3,8H2. The average Bonchev–Trinajstić information content (AvgIpc) is 2.84. The maximum Gasteiger partial charge on any atom is 0.417 e. The van der Waals surface area contributed by atoms with Gasteiger partial charge in [-0.1, -0.05) is 40.9 Å². The number of nitrogens with zero attached hydrogens (tertiary/aromatic N) is 2. The molecule has 1 aliphatic heterocycles. The van der Waals surface area contributed by atoms with Gasteiger partial charge in [-0.15, -0.1) is 0 Å². The molecule has 2 aromatic carbocycles. The first-order chi connectivity index (χ1) is 13.8. The highest BCUT2D eigenvalue weighted by Crippen LogP contribution is 2.40. The molecular formula is C20H15Cl3F3N3. The number of halogens is 6. The number of hydrogen-bond acceptors (Lipinski definition) is 2. The van der Waals surface area contributed by atoms with Gasteiger partial charge < -0.3 is 5.32 Å². The van der Waals surface area contributed by atoms with Gasteiger partial charge in [-0.2, -0.15) is 18.3 Å². The largest absolute Gasteiger partial charge is 0.417 e. The van der Waals surface area contributed by atoms with Crippen molar-refractivity contribution in [3.63, 3.8) is 0 Å². The van der Waals surface area contributed by atoms with E-state index in [2.05, 4.69) is 10.4 Å². The lowest BCUT2D eigenvalue weighted by Gasteiger charge is -2.11. The molecular weight excluding hydrogens is 446 g/mol. The molecule has 0 saturated heterocycles. The topological polar surface area (TPSA) is 29.9 Å². The first kappa shape index (κ1) is 20.4. The number of alkyl halides is 3. The maximum atomic E-state index is 13.4. The lowest BCUT2D eigenvalue weighted by molar-refractivity contribution is -0.137. The Morgan fingerprint density at radius 3 is 2.48 bits per heavy atom. The summed E-state index contributed by atoms with van der Waals surface area (Å²) in [5, 5.41) is 8.54. The predicted octanol–water partition coefficient (Wildman–Crippen LogP) is 7.27. The molecule has 4 rings (SSSR count). The summed E-state index contributed by atoms with van der Waals surface area (Å²) < 4.78 is 41.7. The van der Waals surface area contributed by atoms with E-state index >= 15 is 0 Å². The Hall–Kier alpha value is -1.89. The van der Waals surface area contributed by atoms with E-state index in [1.807, 2.05) is 0 Å². The van der Waals surface area contributed by atoms with Gasteiger partial charge in [0, 0.05) is 22.7 Å². The molecule has 0 atom stereocenters. The molecule has 0 saturated carbocycles. The van der Waals surface area contributed by atoms with E-state index in [4.69, 9.17) is 34.8 Å². The van der Waals surface area contributed by atoms with Crippen LogP contribution < -0.4 is 5.32 Å². The van der Waals surface area contributed by atoms with E-state index in [1.165, 1.54) is 6.07 Å². The summed E-state index contributed by atoms with van der Waals surface area (Å²) in [7, 11) is 0. The van der Waals surface area contributed by atoms with Crippen LogP contribution in [-0.2, 0) is 12.6 Å².